The molecule has 0 aromatic heterocycles. The Bertz CT molecular complexity index is 263. The number of amides is 1. The van der Waals surface area contributed by atoms with Gasteiger partial charge >= 0.3 is 0 Å². The number of hydrogen-bond acceptors (Lipinski definition) is 3. The standard InChI is InChI=1S/C14H29N3O.ClH/c1-11(2)17(12(3)4)14(18)10-16-8-6-7-13(9-16)15-5;/h11-13,15H,6-10H2,1-5H3;1H. The van der Waals surface area contributed by atoms with E-state index in [1.165, 1.54) is 12.8 Å². The number of rotatable bonds is 5. The highest BCUT2D eigenvalue weighted by Crippen LogP contribution is 2.12. The van der Waals surface area contributed by atoms with Gasteiger partial charge in [-0.2, -0.15) is 0 Å². The molecule has 1 unspecified atom stereocenters. The zero-order valence-electron chi connectivity index (χ0n) is 13.0. The first kappa shape index (κ1) is 18.7. The maximum atomic E-state index is 12.4. The van der Waals surface area contributed by atoms with Crippen molar-refractivity contribution < 1.29 is 4.79 Å². The topological polar surface area (TPSA) is 35.6 Å². The summed E-state index contributed by atoms with van der Waals surface area (Å²) in [6.45, 7) is 11.0. The zero-order chi connectivity index (χ0) is 13.7. The Labute approximate surface area is 124 Å². The van der Waals surface area contributed by atoms with Crippen LogP contribution in [0.25, 0.3) is 0 Å². The lowest BCUT2D eigenvalue weighted by atomic mass is 10.1. The fraction of sp³-hybridized carbons (Fsp3) is 0.929. The molecule has 1 heterocycles. The molecular weight excluding hydrogens is 262 g/mol. The van der Waals surface area contributed by atoms with Crippen LogP contribution in [0.5, 0.6) is 0 Å². The highest BCUT2D eigenvalue weighted by molar-refractivity contribution is 5.85. The zero-order valence-corrected chi connectivity index (χ0v) is 13.8. The second-order valence-electron chi connectivity index (χ2n) is 5.85. The molecule has 0 spiro atoms. The van der Waals surface area contributed by atoms with Crippen LogP contribution in [0.15, 0.2) is 0 Å². The summed E-state index contributed by atoms with van der Waals surface area (Å²) in [7, 11) is 2.00. The number of hydrogen-bond donors (Lipinski definition) is 1. The molecule has 19 heavy (non-hydrogen) atoms. The Morgan fingerprint density at radius 2 is 1.89 bits per heavy atom. The van der Waals surface area contributed by atoms with Crippen molar-refractivity contribution in [1.29, 1.82) is 0 Å². The molecule has 1 aliphatic rings. The maximum Gasteiger partial charge on any atom is 0.237 e. The monoisotopic (exact) mass is 291 g/mol. The number of likely N-dealkylation sites (tertiary alicyclic amines) is 1. The van der Waals surface area contributed by atoms with Crippen molar-refractivity contribution in [3.63, 3.8) is 0 Å². The normalized spacial score (nSPS) is 20.5. The summed E-state index contributed by atoms with van der Waals surface area (Å²) >= 11 is 0. The summed E-state index contributed by atoms with van der Waals surface area (Å²) in [5.74, 6) is 0.261. The lowest BCUT2D eigenvalue weighted by Gasteiger charge is -2.36. The van der Waals surface area contributed by atoms with E-state index in [0.717, 1.165) is 13.1 Å². The van der Waals surface area contributed by atoms with Gasteiger partial charge < -0.3 is 10.2 Å². The number of piperidine rings is 1. The number of halogens is 1. The van der Waals surface area contributed by atoms with Crippen LogP contribution in [-0.4, -0.2) is 60.5 Å². The van der Waals surface area contributed by atoms with Gasteiger partial charge in [0.25, 0.3) is 0 Å². The van der Waals surface area contributed by atoms with Crippen LogP contribution < -0.4 is 5.32 Å². The van der Waals surface area contributed by atoms with Crippen molar-refractivity contribution >= 4 is 18.3 Å². The van der Waals surface area contributed by atoms with Gasteiger partial charge in [-0.3, -0.25) is 9.69 Å². The van der Waals surface area contributed by atoms with Crippen molar-refractivity contribution in [2.75, 3.05) is 26.7 Å². The molecule has 0 radical (unpaired) electrons. The van der Waals surface area contributed by atoms with Crippen molar-refractivity contribution in [3.05, 3.63) is 0 Å². The summed E-state index contributed by atoms with van der Waals surface area (Å²) in [6.07, 6.45) is 2.40. The Balaban J connectivity index is 0.00000324. The van der Waals surface area contributed by atoms with Crippen LogP contribution in [0.1, 0.15) is 40.5 Å². The van der Waals surface area contributed by atoms with Crippen LogP contribution in [0.3, 0.4) is 0 Å². The van der Waals surface area contributed by atoms with Crippen molar-refractivity contribution in [1.82, 2.24) is 15.1 Å². The van der Waals surface area contributed by atoms with E-state index >= 15 is 0 Å². The predicted molar refractivity (Wildman–Crippen MR) is 82.9 cm³/mol. The molecule has 0 aliphatic carbocycles. The number of carbonyl (C=O) groups excluding carboxylic acids is 1. The molecule has 1 N–H and O–H groups in total. The third-order valence-electron chi connectivity index (χ3n) is 3.67. The predicted octanol–water partition coefficient (Wildman–Crippen LogP) is 1.74. The van der Waals surface area contributed by atoms with E-state index in [1.807, 2.05) is 11.9 Å². The van der Waals surface area contributed by atoms with Gasteiger partial charge in [0.2, 0.25) is 5.91 Å². The molecule has 0 aromatic rings. The molecule has 1 saturated heterocycles. The average Bonchev–Trinajstić information content (AvgIpc) is 2.28. The van der Waals surface area contributed by atoms with Crippen LogP contribution in [-0.2, 0) is 4.79 Å². The lowest BCUT2D eigenvalue weighted by molar-refractivity contribution is -0.136. The summed E-state index contributed by atoms with van der Waals surface area (Å²) in [4.78, 5) is 16.6. The minimum absolute atomic E-state index is 0. The molecule has 1 aliphatic heterocycles. The van der Waals surface area contributed by atoms with Gasteiger partial charge in [-0.05, 0) is 54.1 Å². The van der Waals surface area contributed by atoms with E-state index in [2.05, 4.69) is 37.9 Å². The highest BCUT2D eigenvalue weighted by Gasteiger charge is 2.25. The number of nitrogens with one attached hydrogen (secondary N) is 1. The average molecular weight is 292 g/mol. The highest BCUT2D eigenvalue weighted by atomic mass is 35.5. The quantitative estimate of drug-likeness (QED) is 0.838. The second-order valence-corrected chi connectivity index (χ2v) is 5.85. The van der Waals surface area contributed by atoms with Crippen LogP contribution >= 0.6 is 12.4 Å². The molecule has 0 aromatic carbocycles. The van der Waals surface area contributed by atoms with Crippen molar-refractivity contribution in [2.45, 2.75) is 58.7 Å². The molecule has 1 amide bonds. The minimum Gasteiger partial charge on any atom is -0.337 e. The lowest BCUT2D eigenvalue weighted by Crippen LogP contribution is -2.51. The summed E-state index contributed by atoms with van der Waals surface area (Å²) in [5, 5.41) is 3.32. The first-order valence-electron chi connectivity index (χ1n) is 7.16. The van der Waals surface area contributed by atoms with E-state index in [4.69, 9.17) is 0 Å². The molecule has 1 rings (SSSR count). The molecule has 1 fully saturated rings. The van der Waals surface area contributed by atoms with Gasteiger partial charge in [0.05, 0.1) is 6.54 Å². The van der Waals surface area contributed by atoms with E-state index in [1.54, 1.807) is 0 Å². The first-order chi connectivity index (χ1) is 8.45. The van der Waals surface area contributed by atoms with Crippen molar-refractivity contribution in [2.24, 2.45) is 0 Å². The number of carbonyl (C=O) groups is 1. The van der Waals surface area contributed by atoms with Gasteiger partial charge in [-0.25, -0.2) is 0 Å². The SMILES string of the molecule is CNC1CCCN(CC(=O)N(C(C)C)C(C)C)C1.Cl. The van der Waals surface area contributed by atoms with Gasteiger partial charge in [-0.1, -0.05) is 0 Å². The van der Waals surface area contributed by atoms with Gasteiger partial charge in [0.1, 0.15) is 0 Å². The van der Waals surface area contributed by atoms with E-state index in [9.17, 15) is 4.79 Å². The fourth-order valence-corrected chi connectivity index (χ4v) is 2.88. The number of nitrogens with zero attached hydrogens (tertiary/aromatic N) is 2. The Morgan fingerprint density at radius 1 is 1.32 bits per heavy atom. The largest absolute Gasteiger partial charge is 0.337 e. The summed E-state index contributed by atoms with van der Waals surface area (Å²) < 4.78 is 0. The first-order valence-corrected chi connectivity index (χ1v) is 7.16. The van der Waals surface area contributed by atoms with E-state index < -0.39 is 0 Å². The Hall–Kier alpha value is -0.320. The summed E-state index contributed by atoms with van der Waals surface area (Å²) in [6, 6.07) is 1.10. The summed E-state index contributed by atoms with van der Waals surface area (Å²) in [5.41, 5.74) is 0. The Morgan fingerprint density at radius 3 is 2.37 bits per heavy atom. The maximum absolute atomic E-state index is 12.4. The Kier molecular flexibility index (Phi) is 8.62. The van der Waals surface area contributed by atoms with Crippen molar-refractivity contribution in [3.8, 4) is 0 Å². The van der Waals surface area contributed by atoms with Crippen LogP contribution in [0.2, 0.25) is 0 Å². The van der Waals surface area contributed by atoms with Crippen LogP contribution in [0, 0.1) is 0 Å². The van der Waals surface area contributed by atoms with Crippen LogP contribution in [0.4, 0.5) is 0 Å². The molecule has 0 saturated carbocycles. The van der Waals surface area contributed by atoms with Gasteiger partial charge in [0, 0.05) is 24.7 Å². The van der Waals surface area contributed by atoms with Gasteiger partial charge in [0.15, 0.2) is 0 Å². The number of likely N-dealkylation sites (N-methyl/N-ethyl adjacent to an activating group) is 1. The minimum atomic E-state index is 0. The molecule has 1 atom stereocenters. The van der Waals surface area contributed by atoms with E-state index in [0.29, 0.717) is 12.6 Å². The van der Waals surface area contributed by atoms with E-state index in [-0.39, 0.29) is 30.4 Å². The molecular formula is C14H30ClN3O. The third kappa shape index (κ3) is 5.67. The second kappa shape index (κ2) is 8.77. The molecule has 0 bridgehead atoms. The third-order valence-corrected chi connectivity index (χ3v) is 3.67. The smallest absolute Gasteiger partial charge is 0.237 e. The van der Waals surface area contributed by atoms with Gasteiger partial charge in [-0.15, -0.1) is 12.4 Å². The molecule has 5 heteroatoms. The molecule has 4 nitrogen and oxygen atoms in total. The molecule has 114 valence electrons. The fourth-order valence-electron chi connectivity index (χ4n) is 2.88.